The molecule has 13 nitrogen and oxygen atoms in total. The second kappa shape index (κ2) is 10.3. The van der Waals surface area contributed by atoms with Gasteiger partial charge in [-0.05, 0) is 67.3 Å². The molecule has 2 aromatic heterocycles. The number of phenolic OH excluding ortho intramolecular Hbond substituents is 1. The fourth-order valence-corrected chi connectivity index (χ4v) is 3.81. The SMILES string of the molecule is CCOc1cc(/C=N/NC(=O)c2nnn(-c3nonc3N)c2CN2CCCCC2C)ccc1O. The van der Waals surface area contributed by atoms with E-state index >= 15 is 0 Å². The Balaban J connectivity index is 1.56. The number of hydrazone groups is 1. The molecule has 1 atom stereocenters. The number of hydrogen-bond acceptors (Lipinski definition) is 11. The fraction of sp³-hybridized carbons (Fsp3) is 0.429. The molecular weight excluding hydrogens is 442 g/mol. The number of likely N-dealkylation sites (tertiary alicyclic amines) is 1. The predicted octanol–water partition coefficient (Wildman–Crippen LogP) is 1.48. The summed E-state index contributed by atoms with van der Waals surface area (Å²) in [7, 11) is 0. The molecule has 1 amide bonds. The summed E-state index contributed by atoms with van der Waals surface area (Å²) in [5.41, 5.74) is 9.57. The van der Waals surface area contributed by atoms with E-state index in [0.717, 1.165) is 19.4 Å². The summed E-state index contributed by atoms with van der Waals surface area (Å²) in [6, 6.07) is 5.10. The lowest BCUT2D eigenvalue weighted by molar-refractivity contribution is 0.0945. The van der Waals surface area contributed by atoms with Crippen LogP contribution in [-0.4, -0.2) is 66.6 Å². The zero-order valence-electron chi connectivity index (χ0n) is 19.0. The molecule has 1 aliphatic heterocycles. The molecule has 3 heterocycles. The van der Waals surface area contributed by atoms with Crippen molar-refractivity contribution in [1.82, 2.24) is 35.6 Å². The number of amides is 1. The van der Waals surface area contributed by atoms with E-state index in [4.69, 9.17) is 15.1 Å². The van der Waals surface area contributed by atoms with Crippen LogP contribution in [0.2, 0.25) is 0 Å². The number of nitrogens with zero attached hydrogens (tertiary/aromatic N) is 7. The van der Waals surface area contributed by atoms with Crippen LogP contribution in [0.15, 0.2) is 27.9 Å². The third kappa shape index (κ3) is 4.98. The molecule has 0 aliphatic carbocycles. The maximum Gasteiger partial charge on any atom is 0.293 e. The van der Waals surface area contributed by atoms with Crippen molar-refractivity contribution < 1.29 is 19.3 Å². The number of ether oxygens (including phenoxy) is 1. The molecule has 0 saturated carbocycles. The van der Waals surface area contributed by atoms with Crippen LogP contribution in [0, 0.1) is 0 Å². The van der Waals surface area contributed by atoms with E-state index < -0.39 is 5.91 Å². The number of nitrogen functional groups attached to an aromatic ring is 1. The molecule has 34 heavy (non-hydrogen) atoms. The molecule has 3 aromatic rings. The molecule has 0 spiro atoms. The normalized spacial score (nSPS) is 16.7. The van der Waals surface area contributed by atoms with E-state index in [2.05, 4.69) is 43.0 Å². The van der Waals surface area contributed by atoms with Gasteiger partial charge in [0.15, 0.2) is 17.2 Å². The highest BCUT2D eigenvalue weighted by Crippen LogP contribution is 2.26. The molecule has 13 heteroatoms. The Bertz CT molecular complexity index is 1170. The second-order valence-electron chi connectivity index (χ2n) is 7.94. The highest BCUT2D eigenvalue weighted by atomic mass is 16.6. The van der Waals surface area contributed by atoms with Gasteiger partial charge in [0.2, 0.25) is 11.6 Å². The van der Waals surface area contributed by atoms with Gasteiger partial charge in [-0.2, -0.15) is 9.78 Å². The number of anilines is 1. The van der Waals surface area contributed by atoms with E-state index in [1.54, 1.807) is 12.1 Å². The largest absolute Gasteiger partial charge is 0.504 e. The number of piperidine rings is 1. The van der Waals surface area contributed by atoms with Crippen LogP contribution in [0.4, 0.5) is 5.82 Å². The number of benzene rings is 1. The van der Waals surface area contributed by atoms with Gasteiger partial charge in [0.1, 0.15) is 0 Å². The van der Waals surface area contributed by atoms with Gasteiger partial charge in [0.05, 0.1) is 18.5 Å². The number of nitrogens with one attached hydrogen (secondary N) is 1. The maximum atomic E-state index is 13.0. The Hall–Kier alpha value is -4.00. The van der Waals surface area contributed by atoms with Crippen LogP contribution >= 0.6 is 0 Å². The Morgan fingerprint density at radius 1 is 1.41 bits per heavy atom. The lowest BCUT2D eigenvalue weighted by Gasteiger charge is -2.33. The smallest absolute Gasteiger partial charge is 0.293 e. The molecule has 1 unspecified atom stereocenters. The summed E-state index contributed by atoms with van der Waals surface area (Å²) in [5.74, 6) is 0.0267. The van der Waals surface area contributed by atoms with Gasteiger partial charge in [0.25, 0.3) is 5.91 Å². The number of carbonyl (C=O) groups is 1. The van der Waals surface area contributed by atoms with Crippen LogP contribution in [0.3, 0.4) is 0 Å². The molecule has 0 bridgehead atoms. The lowest BCUT2D eigenvalue weighted by Crippen LogP contribution is -2.38. The van der Waals surface area contributed by atoms with Crippen molar-refractivity contribution in [3.63, 3.8) is 0 Å². The average Bonchev–Trinajstić information content (AvgIpc) is 3.43. The number of aromatic nitrogens is 5. The Morgan fingerprint density at radius 2 is 2.26 bits per heavy atom. The zero-order valence-corrected chi connectivity index (χ0v) is 19.0. The highest BCUT2D eigenvalue weighted by molar-refractivity contribution is 5.94. The van der Waals surface area contributed by atoms with Crippen molar-refractivity contribution in [2.45, 2.75) is 45.7 Å². The van der Waals surface area contributed by atoms with Crippen LogP contribution < -0.4 is 15.9 Å². The highest BCUT2D eigenvalue weighted by Gasteiger charge is 2.28. The first-order valence-electron chi connectivity index (χ1n) is 11.0. The average molecular weight is 470 g/mol. The molecule has 1 fully saturated rings. The summed E-state index contributed by atoms with van der Waals surface area (Å²) >= 11 is 0. The van der Waals surface area contributed by atoms with Crippen molar-refractivity contribution in [2.24, 2.45) is 5.10 Å². The number of phenols is 1. The van der Waals surface area contributed by atoms with E-state index in [1.165, 1.54) is 23.4 Å². The van der Waals surface area contributed by atoms with Crippen molar-refractivity contribution in [1.29, 1.82) is 0 Å². The first-order valence-corrected chi connectivity index (χ1v) is 11.0. The van der Waals surface area contributed by atoms with Gasteiger partial charge in [-0.25, -0.2) is 10.1 Å². The van der Waals surface area contributed by atoms with E-state index in [1.807, 2.05) is 6.92 Å². The number of hydrogen-bond donors (Lipinski definition) is 3. The number of carbonyl (C=O) groups excluding carboxylic acids is 1. The summed E-state index contributed by atoms with van der Waals surface area (Å²) in [5, 5.41) is 29.4. The lowest BCUT2D eigenvalue weighted by atomic mass is 10.0. The van der Waals surface area contributed by atoms with Gasteiger partial charge in [0, 0.05) is 12.6 Å². The number of rotatable bonds is 8. The Morgan fingerprint density at radius 3 is 3.00 bits per heavy atom. The van der Waals surface area contributed by atoms with Crippen molar-refractivity contribution in [3.05, 3.63) is 35.2 Å². The van der Waals surface area contributed by atoms with Crippen LogP contribution in [0.1, 0.15) is 54.9 Å². The van der Waals surface area contributed by atoms with Crippen LogP contribution in [0.25, 0.3) is 5.82 Å². The molecule has 1 aromatic carbocycles. The topological polar surface area (TPSA) is 170 Å². The summed E-state index contributed by atoms with van der Waals surface area (Å²) in [6.07, 6.45) is 4.75. The zero-order chi connectivity index (χ0) is 24.1. The summed E-state index contributed by atoms with van der Waals surface area (Å²) < 4.78 is 11.4. The fourth-order valence-electron chi connectivity index (χ4n) is 3.81. The van der Waals surface area contributed by atoms with Gasteiger partial charge < -0.3 is 15.6 Å². The van der Waals surface area contributed by atoms with Crippen molar-refractivity contribution in [3.8, 4) is 17.3 Å². The molecule has 1 saturated heterocycles. The van der Waals surface area contributed by atoms with Crippen molar-refractivity contribution >= 4 is 17.9 Å². The van der Waals surface area contributed by atoms with Crippen LogP contribution in [-0.2, 0) is 6.54 Å². The molecule has 1 aliphatic rings. The second-order valence-corrected chi connectivity index (χ2v) is 7.94. The molecule has 180 valence electrons. The van der Waals surface area contributed by atoms with Gasteiger partial charge in [-0.1, -0.05) is 11.6 Å². The summed E-state index contributed by atoms with van der Waals surface area (Å²) in [6.45, 7) is 5.68. The summed E-state index contributed by atoms with van der Waals surface area (Å²) in [4.78, 5) is 15.2. The quantitative estimate of drug-likeness (QED) is 0.324. The maximum absolute atomic E-state index is 13.0. The monoisotopic (exact) mass is 469 g/mol. The molecular formula is C21H27N9O4. The van der Waals surface area contributed by atoms with E-state index in [-0.39, 0.29) is 23.1 Å². The number of nitrogens with two attached hydrogens (primary N) is 1. The third-order valence-corrected chi connectivity index (χ3v) is 5.63. The first-order chi connectivity index (χ1) is 16.5. The molecule has 4 rings (SSSR count). The van der Waals surface area contributed by atoms with Gasteiger partial charge in [-0.3, -0.25) is 9.69 Å². The van der Waals surface area contributed by atoms with E-state index in [0.29, 0.717) is 36.2 Å². The molecule has 0 radical (unpaired) electrons. The minimum atomic E-state index is -0.541. The minimum absolute atomic E-state index is 0.0258. The van der Waals surface area contributed by atoms with Gasteiger partial charge in [-0.15, -0.1) is 5.10 Å². The minimum Gasteiger partial charge on any atom is -0.504 e. The predicted molar refractivity (Wildman–Crippen MR) is 122 cm³/mol. The third-order valence-electron chi connectivity index (χ3n) is 5.63. The number of aromatic hydroxyl groups is 1. The standard InChI is InChI=1S/C21H27N9O4/c1-3-33-17-10-14(7-8-16(17)31)11-23-25-21(32)18-15(12-29-9-5-4-6-13(29)2)30(28-24-18)20-19(22)26-34-27-20/h7-8,10-11,13,31H,3-6,9,12H2,1-2H3,(H2,22,26)(H,25,32)/b23-11+. The molecule has 4 N–H and O–H groups in total. The Labute approximate surface area is 195 Å². The van der Waals surface area contributed by atoms with Crippen molar-refractivity contribution in [2.75, 3.05) is 18.9 Å². The van der Waals surface area contributed by atoms with Crippen LogP contribution in [0.5, 0.6) is 11.5 Å². The first kappa shape index (κ1) is 23.2. The van der Waals surface area contributed by atoms with E-state index in [9.17, 15) is 9.90 Å². The Kier molecular flexibility index (Phi) is 7.01. The van der Waals surface area contributed by atoms with Gasteiger partial charge >= 0.3 is 0 Å².